The van der Waals surface area contributed by atoms with E-state index in [9.17, 15) is 13.2 Å². The highest BCUT2D eigenvalue weighted by Gasteiger charge is 2.36. The summed E-state index contributed by atoms with van der Waals surface area (Å²) >= 11 is 0. The van der Waals surface area contributed by atoms with E-state index in [0.29, 0.717) is 11.3 Å². The zero-order valence-corrected chi connectivity index (χ0v) is 8.21. The largest absolute Gasteiger partial charge is 0.497 e. The molecule has 2 nitrogen and oxygen atoms in total. The Balaban J connectivity index is 2.72. The molecule has 5 heteroatoms. The number of nitrogens with two attached hydrogens (primary N) is 1. The summed E-state index contributed by atoms with van der Waals surface area (Å²) < 4.78 is 41.4. The minimum Gasteiger partial charge on any atom is -0.497 e. The fraction of sp³-hybridized carbons (Fsp3) is 0.400. The van der Waals surface area contributed by atoms with Gasteiger partial charge in [0.1, 0.15) is 11.8 Å². The van der Waals surface area contributed by atoms with Gasteiger partial charge in [0.2, 0.25) is 0 Å². The number of ether oxygens (including phenoxy) is 1. The summed E-state index contributed by atoms with van der Waals surface area (Å²) in [5, 5.41) is 0. The number of methoxy groups -OCH3 is 1. The van der Waals surface area contributed by atoms with Gasteiger partial charge in [-0.15, -0.1) is 0 Å². The van der Waals surface area contributed by atoms with Crippen LogP contribution in [0.15, 0.2) is 24.3 Å². The van der Waals surface area contributed by atoms with E-state index in [1.54, 1.807) is 24.3 Å². The first-order valence-electron chi connectivity index (χ1n) is 4.38. The van der Waals surface area contributed by atoms with Gasteiger partial charge in [-0.25, -0.2) is 0 Å². The van der Waals surface area contributed by atoms with Crippen LogP contribution < -0.4 is 10.5 Å². The lowest BCUT2D eigenvalue weighted by atomic mass is 10.1. The Bertz CT molecular complexity index is 325. The molecule has 0 bridgehead atoms. The van der Waals surface area contributed by atoms with Crippen LogP contribution in [0.5, 0.6) is 5.75 Å². The van der Waals surface area contributed by atoms with Crippen LogP contribution in [0, 0.1) is 0 Å². The average molecular weight is 219 g/mol. The van der Waals surface area contributed by atoms with Gasteiger partial charge in [0.25, 0.3) is 0 Å². The van der Waals surface area contributed by atoms with E-state index in [2.05, 4.69) is 0 Å². The molecule has 2 N–H and O–H groups in total. The third-order valence-corrected chi connectivity index (χ3v) is 2.01. The molecule has 0 aliphatic carbocycles. The smallest absolute Gasteiger partial charge is 0.403 e. The minimum absolute atomic E-state index is 0.235. The maximum Gasteiger partial charge on any atom is 0.403 e. The van der Waals surface area contributed by atoms with Crippen molar-refractivity contribution in [1.29, 1.82) is 0 Å². The molecule has 15 heavy (non-hydrogen) atoms. The molecule has 0 spiro atoms. The Morgan fingerprint density at radius 2 is 2.07 bits per heavy atom. The SMILES string of the molecule is COc1cccc(CC(N)C(F)(F)F)c1. The van der Waals surface area contributed by atoms with Gasteiger partial charge in [0.05, 0.1) is 7.11 Å². The van der Waals surface area contributed by atoms with Crippen LogP contribution in [0.1, 0.15) is 5.56 Å². The number of alkyl halides is 3. The summed E-state index contributed by atoms with van der Waals surface area (Å²) in [5.74, 6) is 0.530. The van der Waals surface area contributed by atoms with Gasteiger partial charge in [-0.3, -0.25) is 0 Å². The minimum atomic E-state index is -4.36. The quantitative estimate of drug-likeness (QED) is 0.845. The van der Waals surface area contributed by atoms with E-state index in [-0.39, 0.29) is 6.42 Å². The molecular weight excluding hydrogens is 207 g/mol. The Kier molecular flexibility index (Phi) is 3.57. The summed E-state index contributed by atoms with van der Waals surface area (Å²) in [6, 6.07) is 4.61. The van der Waals surface area contributed by atoms with Gasteiger partial charge < -0.3 is 10.5 Å². The first-order chi connectivity index (χ1) is 6.93. The summed E-state index contributed by atoms with van der Waals surface area (Å²) in [4.78, 5) is 0. The molecule has 0 amide bonds. The van der Waals surface area contributed by atoms with Gasteiger partial charge >= 0.3 is 6.18 Å². The second kappa shape index (κ2) is 4.53. The lowest BCUT2D eigenvalue weighted by Crippen LogP contribution is -2.39. The van der Waals surface area contributed by atoms with Crippen LogP contribution in [0.4, 0.5) is 13.2 Å². The van der Waals surface area contributed by atoms with Gasteiger partial charge in [0.15, 0.2) is 0 Å². The molecule has 0 aliphatic heterocycles. The Morgan fingerprint density at radius 3 is 2.60 bits per heavy atom. The van der Waals surface area contributed by atoms with Crippen LogP contribution in [-0.2, 0) is 6.42 Å². The van der Waals surface area contributed by atoms with E-state index in [4.69, 9.17) is 10.5 Å². The normalized spacial score (nSPS) is 13.7. The molecule has 0 aliphatic rings. The highest BCUT2D eigenvalue weighted by molar-refractivity contribution is 5.29. The van der Waals surface area contributed by atoms with Crippen LogP contribution in [0.2, 0.25) is 0 Å². The number of hydrogen-bond acceptors (Lipinski definition) is 2. The van der Waals surface area contributed by atoms with Crippen molar-refractivity contribution in [2.45, 2.75) is 18.6 Å². The molecule has 84 valence electrons. The topological polar surface area (TPSA) is 35.2 Å². The monoisotopic (exact) mass is 219 g/mol. The lowest BCUT2D eigenvalue weighted by molar-refractivity contribution is -0.147. The van der Waals surface area contributed by atoms with E-state index in [0.717, 1.165) is 0 Å². The molecular formula is C10H12F3NO. The van der Waals surface area contributed by atoms with Crippen molar-refractivity contribution >= 4 is 0 Å². The van der Waals surface area contributed by atoms with E-state index >= 15 is 0 Å². The molecule has 1 rings (SSSR count). The molecule has 1 aromatic rings. The number of benzene rings is 1. The van der Waals surface area contributed by atoms with E-state index < -0.39 is 12.2 Å². The van der Waals surface area contributed by atoms with E-state index in [1.165, 1.54) is 7.11 Å². The van der Waals surface area contributed by atoms with Crippen LogP contribution in [0.25, 0.3) is 0 Å². The molecule has 0 fully saturated rings. The highest BCUT2D eigenvalue weighted by Crippen LogP contribution is 2.22. The predicted octanol–water partition coefficient (Wildman–Crippen LogP) is 2.13. The third kappa shape index (κ3) is 3.43. The first-order valence-corrected chi connectivity index (χ1v) is 4.38. The van der Waals surface area contributed by atoms with E-state index in [1.807, 2.05) is 0 Å². The number of halogens is 3. The maximum absolute atomic E-state index is 12.2. The molecule has 0 saturated heterocycles. The van der Waals surface area contributed by atoms with Crippen LogP contribution in [0.3, 0.4) is 0 Å². The fourth-order valence-corrected chi connectivity index (χ4v) is 1.17. The zero-order chi connectivity index (χ0) is 11.5. The lowest BCUT2D eigenvalue weighted by Gasteiger charge is -2.15. The highest BCUT2D eigenvalue weighted by atomic mass is 19.4. The number of rotatable bonds is 3. The van der Waals surface area contributed by atoms with Crippen molar-refractivity contribution in [2.24, 2.45) is 5.73 Å². The third-order valence-electron chi connectivity index (χ3n) is 2.01. The second-order valence-corrected chi connectivity index (χ2v) is 3.20. The Hall–Kier alpha value is -1.23. The maximum atomic E-state index is 12.2. The molecule has 0 radical (unpaired) electrons. The molecule has 1 aromatic carbocycles. The van der Waals surface area contributed by atoms with Crippen LogP contribution >= 0.6 is 0 Å². The predicted molar refractivity (Wildman–Crippen MR) is 50.7 cm³/mol. The molecule has 0 heterocycles. The molecule has 1 unspecified atom stereocenters. The van der Waals surface area contributed by atoms with Crippen molar-refractivity contribution in [3.05, 3.63) is 29.8 Å². The fourth-order valence-electron chi connectivity index (χ4n) is 1.17. The van der Waals surface area contributed by atoms with Gasteiger partial charge in [0, 0.05) is 0 Å². The number of hydrogen-bond donors (Lipinski definition) is 1. The molecule has 0 saturated carbocycles. The van der Waals surface area contributed by atoms with Crippen LogP contribution in [-0.4, -0.2) is 19.3 Å². The second-order valence-electron chi connectivity index (χ2n) is 3.20. The van der Waals surface area contributed by atoms with Crippen molar-refractivity contribution in [1.82, 2.24) is 0 Å². The standard InChI is InChI=1S/C10H12F3NO/c1-15-8-4-2-3-7(5-8)6-9(14)10(11,12)13/h2-5,9H,6,14H2,1H3. The molecule has 1 atom stereocenters. The summed E-state index contributed by atoms with van der Waals surface area (Å²) in [6.45, 7) is 0. The summed E-state index contributed by atoms with van der Waals surface area (Å²) in [6.07, 6.45) is -4.59. The van der Waals surface area contributed by atoms with Crippen molar-refractivity contribution < 1.29 is 17.9 Å². The Labute approximate surface area is 85.8 Å². The Morgan fingerprint density at radius 1 is 1.40 bits per heavy atom. The summed E-state index contributed by atoms with van der Waals surface area (Å²) in [5.41, 5.74) is 5.52. The zero-order valence-electron chi connectivity index (χ0n) is 8.21. The van der Waals surface area contributed by atoms with Crippen molar-refractivity contribution in [3.8, 4) is 5.75 Å². The van der Waals surface area contributed by atoms with Crippen molar-refractivity contribution in [3.63, 3.8) is 0 Å². The first kappa shape index (κ1) is 11.8. The van der Waals surface area contributed by atoms with Gasteiger partial charge in [-0.1, -0.05) is 12.1 Å². The average Bonchev–Trinajstić information content (AvgIpc) is 2.16. The van der Waals surface area contributed by atoms with Gasteiger partial charge in [-0.05, 0) is 24.1 Å². The molecule has 0 aromatic heterocycles. The van der Waals surface area contributed by atoms with Gasteiger partial charge in [-0.2, -0.15) is 13.2 Å². The summed E-state index contributed by atoms with van der Waals surface area (Å²) in [7, 11) is 1.46. The van der Waals surface area contributed by atoms with Crippen molar-refractivity contribution in [2.75, 3.05) is 7.11 Å².